The van der Waals surface area contributed by atoms with Crippen LogP contribution in [0.15, 0.2) is 42.6 Å². The maximum absolute atomic E-state index is 13.0. The molecule has 148 valence electrons. The Bertz CT molecular complexity index is 886. The zero-order valence-corrected chi connectivity index (χ0v) is 16.5. The Labute approximate surface area is 163 Å². The summed E-state index contributed by atoms with van der Waals surface area (Å²) in [6, 6.07) is 7.19. The van der Waals surface area contributed by atoms with Gasteiger partial charge in [0, 0.05) is 23.4 Å². The van der Waals surface area contributed by atoms with Gasteiger partial charge in [0.15, 0.2) is 0 Å². The Kier molecular flexibility index (Phi) is 6.28. The van der Waals surface area contributed by atoms with Crippen molar-refractivity contribution in [3.63, 3.8) is 0 Å². The first-order valence-corrected chi connectivity index (χ1v) is 8.82. The van der Waals surface area contributed by atoms with Crippen molar-refractivity contribution in [2.45, 2.75) is 46.3 Å². The van der Waals surface area contributed by atoms with E-state index in [-0.39, 0.29) is 23.0 Å². The Morgan fingerprint density at radius 1 is 1.00 bits per heavy atom. The van der Waals surface area contributed by atoms with E-state index in [1.807, 2.05) is 0 Å². The van der Waals surface area contributed by atoms with Crippen molar-refractivity contribution in [2.75, 3.05) is 4.90 Å². The number of Topliss-reactive ketones (excluding diaryl/α,β-unsaturated/α-hetero) is 2. The summed E-state index contributed by atoms with van der Waals surface area (Å²) in [4.78, 5) is 43.0. The zero-order chi connectivity index (χ0) is 21.1. The van der Waals surface area contributed by atoms with Gasteiger partial charge in [-0.2, -0.15) is 0 Å². The molecule has 0 bridgehead atoms. The fourth-order valence-electron chi connectivity index (χ4n) is 2.43. The number of hydrogen-bond donors (Lipinski definition) is 0. The van der Waals surface area contributed by atoms with E-state index in [4.69, 9.17) is 4.74 Å². The molecule has 2 rings (SSSR count). The normalized spacial score (nSPS) is 11.2. The topological polar surface area (TPSA) is 76.6 Å². The van der Waals surface area contributed by atoms with Crippen LogP contribution in [0, 0.1) is 5.82 Å². The van der Waals surface area contributed by atoms with E-state index in [0.29, 0.717) is 0 Å². The molecule has 0 aliphatic rings. The number of anilines is 1. The molecule has 0 atom stereocenters. The van der Waals surface area contributed by atoms with E-state index >= 15 is 0 Å². The SMILES string of the molecule is CC(C)N(C(=O)OC(C)(C)C)c1cc(C(=O)C(=O)c2ccc(F)cc2)ccn1. The number of halogens is 1. The molecule has 2 aromatic rings. The molecule has 0 spiro atoms. The number of ether oxygens (including phenoxy) is 1. The molecule has 7 heteroatoms. The lowest BCUT2D eigenvalue weighted by molar-refractivity contribution is 0.0569. The van der Waals surface area contributed by atoms with Crippen LogP contribution in [0.2, 0.25) is 0 Å². The Balaban J connectivity index is 2.33. The van der Waals surface area contributed by atoms with E-state index in [1.165, 1.54) is 35.4 Å². The molecule has 0 saturated heterocycles. The molecule has 28 heavy (non-hydrogen) atoms. The fraction of sp³-hybridized carbons (Fsp3) is 0.333. The quantitative estimate of drug-likeness (QED) is 0.561. The maximum atomic E-state index is 13.0. The van der Waals surface area contributed by atoms with Gasteiger partial charge in [-0.3, -0.25) is 14.5 Å². The minimum absolute atomic E-state index is 0.0773. The standard InChI is InChI=1S/C21H23FN2O4/c1-13(2)24(20(27)28-21(3,4)5)17-12-15(10-11-23-17)19(26)18(25)14-6-8-16(22)9-7-14/h6-13H,1-5H3. The lowest BCUT2D eigenvalue weighted by Crippen LogP contribution is -2.41. The van der Waals surface area contributed by atoms with Gasteiger partial charge in [-0.1, -0.05) is 0 Å². The monoisotopic (exact) mass is 386 g/mol. The van der Waals surface area contributed by atoms with E-state index in [0.717, 1.165) is 12.1 Å². The van der Waals surface area contributed by atoms with Crippen molar-refractivity contribution in [3.05, 3.63) is 59.5 Å². The van der Waals surface area contributed by atoms with Crippen LogP contribution in [-0.4, -0.2) is 34.3 Å². The van der Waals surface area contributed by atoms with Crippen LogP contribution < -0.4 is 4.90 Å². The molecule has 0 aliphatic heterocycles. The number of carbonyl (C=O) groups is 3. The highest BCUT2D eigenvalue weighted by Gasteiger charge is 2.27. The summed E-state index contributed by atoms with van der Waals surface area (Å²) in [6.45, 7) is 8.81. The number of nitrogens with zero attached hydrogens (tertiary/aromatic N) is 2. The third kappa shape index (κ3) is 5.22. The highest BCUT2D eigenvalue weighted by atomic mass is 19.1. The molecule has 1 aromatic carbocycles. The van der Waals surface area contributed by atoms with E-state index < -0.39 is 29.1 Å². The van der Waals surface area contributed by atoms with E-state index in [1.54, 1.807) is 34.6 Å². The van der Waals surface area contributed by atoms with Crippen molar-refractivity contribution < 1.29 is 23.5 Å². The first-order chi connectivity index (χ1) is 13.0. The molecule has 0 saturated carbocycles. The fourth-order valence-corrected chi connectivity index (χ4v) is 2.43. The highest BCUT2D eigenvalue weighted by molar-refractivity contribution is 6.49. The summed E-state index contributed by atoms with van der Waals surface area (Å²) in [5.74, 6) is -1.85. The van der Waals surface area contributed by atoms with Crippen LogP contribution in [0.4, 0.5) is 15.0 Å². The Morgan fingerprint density at radius 3 is 2.11 bits per heavy atom. The summed E-state index contributed by atoms with van der Waals surface area (Å²) in [6.07, 6.45) is 0.740. The Morgan fingerprint density at radius 2 is 1.57 bits per heavy atom. The van der Waals surface area contributed by atoms with Gasteiger partial charge in [0.25, 0.3) is 0 Å². The van der Waals surface area contributed by atoms with Gasteiger partial charge in [0.2, 0.25) is 11.6 Å². The van der Waals surface area contributed by atoms with Crippen LogP contribution >= 0.6 is 0 Å². The number of aromatic nitrogens is 1. The number of amides is 1. The summed E-state index contributed by atoms with van der Waals surface area (Å²) in [5.41, 5.74) is -0.540. The predicted molar refractivity (Wildman–Crippen MR) is 103 cm³/mol. The van der Waals surface area contributed by atoms with Crippen molar-refractivity contribution in [2.24, 2.45) is 0 Å². The van der Waals surface area contributed by atoms with Gasteiger partial charge in [-0.05, 0) is 71.0 Å². The smallest absolute Gasteiger partial charge is 0.416 e. The molecule has 0 N–H and O–H groups in total. The first kappa shape index (κ1) is 21.2. The number of carbonyl (C=O) groups excluding carboxylic acids is 3. The number of benzene rings is 1. The van der Waals surface area contributed by atoms with Crippen LogP contribution in [0.3, 0.4) is 0 Å². The molecule has 1 heterocycles. The van der Waals surface area contributed by atoms with Gasteiger partial charge in [-0.25, -0.2) is 14.2 Å². The lowest BCUT2D eigenvalue weighted by Gasteiger charge is -2.29. The minimum atomic E-state index is -0.775. The molecule has 1 amide bonds. The average molecular weight is 386 g/mol. The number of rotatable bonds is 5. The molecule has 0 radical (unpaired) electrons. The van der Waals surface area contributed by atoms with E-state index in [9.17, 15) is 18.8 Å². The van der Waals surface area contributed by atoms with E-state index in [2.05, 4.69) is 4.98 Å². The number of ketones is 2. The lowest BCUT2D eigenvalue weighted by atomic mass is 10.0. The molecule has 6 nitrogen and oxygen atoms in total. The third-order valence-corrected chi connectivity index (χ3v) is 3.67. The van der Waals surface area contributed by atoms with Gasteiger partial charge in [-0.15, -0.1) is 0 Å². The minimum Gasteiger partial charge on any atom is -0.443 e. The largest absolute Gasteiger partial charge is 0.443 e. The molecule has 0 unspecified atom stereocenters. The van der Waals surface area contributed by atoms with Crippen molar-refractivity contribution >= 4 is 23.5 Å². The second-order valence-electron chi connectivity index (χ2n) is 7.51. The second kappa shape index (κ2) is 8.29. The predicted octanol–water partition coefficient (Wildman–Crippen LogP) is 4.44. The molecule has 0 aliphatic carbocycles. The molecular weight excluding hydrogens is 363 g/mol. The zero-order valence-electron chi connectivity index (χ0n) is 16.5. The van der Waals surface area contributed by atoms with Gasteiger partial charge in [0.1, 0.15) is 17.2 Å². The second-order valence-corrected chi connectivity index (χ2v) is 7.51. The van der Waals surface area contributed by atoms with Crippen LogP contribution in [-0.2, 0) is 4.74 Å². The molecular formula is C21H23FN2O4. The third-order valence-electron chi connectivity index (χ3n) is 3.67. The van der Waals surface area contributed by atoms with Crippen LogP contribution in [0.25, 0.3) is 0 Å². The average Bonchev–Trinajstić information content (AvgIpc) is 2.59. The van der Waals surface area contributed by atoms with Gasteiger partial charge in [0.05, 0.1) is 0 Å². The van der Waals surface area contributed by atoms with Crippen LogP contribution in [0.1, 0.15) is 55.3 Å². The number of pyridine rings is 1. The summed E-state index contributed by atoms with van der Waals surface area (Å²) in [7, 11) is 0. The van der Waals surface area contributed by atoms with Crippen molar-refractivity contribution in [3.8, 4) is 0 Å². The van der Waals surface area contributed by atoms with Gasteiger partial charge >= 0.3 is 6.09 Å². The Hall–Kier alpha value is -3.09. The summed E-state index contributed by atoms with van der Waals surface area (Å²) < 4.78 is 18.4. The highest BCUT2D eigenvalue weighted by Crippen LogP contribution is 2.21. The maximum Gasteiger partial charge on any atom is 0.416 e. The molecule has 1 aromatic heterocycles. The molecule has 0 fully saturated rings. The summed E-state index contributed by atoms with van der Waals surface area (Å²) >= 11 is 0. The first-order valence-electron chi connectivity index (χ1n) is 8.82. The van der Waals surface area contributed by atoms with Crippen molar-refractivity contribution in [1.82, 2.24) is 4.98 Å². The van der Waals surface area contributed by atoms with Crippen molar-refractivity contribution in [1.29, 1.82) is 0 Å². The van der Waals surface area contributed by atoms with Gasteiger partial charge < -0.3 is 4.74 Å². The number of hydrogen-bond acceptors (Lipinski definition) is 5. The van der Waals surface area contributed by atoms with Crippen LogP contribution in [0.5, 0.6) is 0 Å². The summed E-state index contributed by atoms with van der Waals surface area (Å²) in [5, 5.41) is 0.